The van der Waals surface area contributed by atoms with Gasteiger partial charge < -0.3 is 75.7 Å². The fourth-order valence-corrected chi connectivity index (χ4v) is 5.30. The molecular formula is C35H63N11O13. The van der Waals surface area contributed by atoms with Crippen molar-refractivity contribution < 1.29 is 63.6 Å². The number of nitrogens with one attached hydrogen (secondary N) is 5. The topological polar surface area (TPSA) is 428 Å². The van der Waals surface area contributed by atoms with E-state index in [2.05, 4.69) is 28.2 Å². The second kappa shape index (κ2) is 29.0. The number of hydrogen-bond acceptors (Lipinski definition) is 15. The van der Waals surface area contributed by atoms with Gasteiger partial charge in [0.2, 0.25) is 41.4 Å². The highest BCUT2D eigenvalue weighted by Gasteiger charge is 2.43. The number of urea groups is 1. The van der Waals surface area contributed by atoms with Crippen LogP contribution in [0.25, 0.3) is 0 Å². The molecule has 0 aliphatic carbocycles. The fraction of sp³-hybridized carbons (Fsp3) is 0.686. The minimum Gasteiger partial charge on any atom is -0.394 e. The molecule has 0 bridgehead atoms. The van der Waals surface area contributed by atoms with E-state index in [9.17, 15) is 63.6 Å². The predicted molar refractivity (Wildman–Crippen MR) is 209 cm³/mol. The Morgan fingerprint density at radius 2 is 1.34 bits per heavy atom. The molecular weight excluding hydrogens is 782 g/mol. The number of nitrogens with two attached hydrogens (primary N) is 5. The first-order chi connectivity index (χ1) is 27.7. The maximum absolute atomic E-state index is 14.0. The van der Waals surface area contributed by atoms with Crippen LogP contribution in [0.3, 0.4) is 0 Å². The summed E-state index contributed by atoms with van der Waals surface area (Å²) < 4.78 is 0. The van der Waals surface area contributed by atoms with Crippen LogP contribution in [-0.4, -0.2) is 153 Å². The molecule has 0 spiro atoms. The third-order valence-corrected chi connectivity index (χ3v) is 8.71. The molecule has 0 aromatic rings. The van der Waals surface area contributed by atoms with Gasteiger partial charge in [-0.3, -0.25) is 43.3 Å². The second-order valence-corrected chi connectivity index (χ2v) is 13.7. The van der Waals surface area contributed by atoms with Crippen molar-refractivity contribution in [1.82, 2.24) is 31.5 Å². The van der Waals surface area contributed by atoms with E-state index in [-0.39, 0.29) is 30.8 Å². The number of hydrogen-bond donors (Lipinski definition) is 14. The van der Waals surface area contributed by atoms with E-state index in [1.165, 1.54) is 13.0 Å². The number of rotatable bonds is 30. The molecule has 0 saturated carbocycles. The molecule has 0 aromatic carbocycles. The highest BCUT2D eigenvalue weighted by molar-refractivity contribution is 6.05. The Morgan fingerprint density at radius 1 is 0.712 bits per heavy atom. The Hall–Kier alpha value is -5.27. The Morgan fingerprint density at radius 3 is 1.88 bits per heavy atom. The number of nitrogens with zero attached hydrogens (tertiary/aromatic N) is 1. The van der Waals surface area contributed by atoms with Crippen molar-refractivity contribution in [1.29, 1.82) is 0 Å². The van der Waals surface area contributed by atoms with Crippen LogP contribution in [0.15, 0.2) is 12.2 Å². The average Bonchev–Trinajstić information content (AvgIpc) is 3.17. The number of imide groups is 1. The van der Waals surface area contributed by atoms with Gasteiger partial charge in [-0.1, -0.05) is 38.7 Å². The molecule has 8 atom stereocenters. The summed E-state index contributed by atoms with van der Waals surface area (Å²) in [5.74, 6) is -9.67. The number of aliphatic hydroxyl groups excluding tert-OH is 4. The SMILES string of the molecule is CCCCCCCC=CC(=O)N[C@H](CCCNC(N)=O)C(=O)N[C@@H](CO)C(=O)N[C@H](C(=O)N(C(=O)[C@H](N)CCNC(=O)[C@@H](N)[C@H](C)O)[C@H](CO)CC(N)=O)[C@H](O)C(N)=O. The molecule has 10 amide bonds. The molecule has 59 heavy (non-hydrogen) atoms. The first kappa shape index (κ1) is 53.7. The van der Waals surface area contributed by atoms with Crippen molar-refractivity contribution in [3.63, 3.8) is 0 Å². The van der Waals surface area contributed by atoms with E-state index in [4.69, 9.17) is 28.7 Å². The zero-order valence-electron chi connectivity index (χ0n) is 33.5. The van der Waals surface area contributed by atoms with E-state index in [1.807, 2.05) is 5.32 Å². The minimum atomic E-state index is -2.61. The lowest BCUT2D eigenvalue weighted by atomic mass is 10.0. The van der Waals surface area contributed by atoms with E-state index < -0.39 is 128 Å². The van der Waals surface area contributed by atoms with Gasteiger partial charge in [0.25, 0.3) is 5.91 Å². The van der Waals surface area contributed by atoms with Crippen LogP contribution < -0.4 is 55.3 Å². The van der Waals surface area contributed by atoms with Crippen LogP contribution in [0, 0.1) is 0 Å². The maximum Gasteiger partial charge on any atom is 0.312 e. The third kappa shape index (κ3) is 20.8. The quantitative estimate of drug-likeness (QED) is 0.0236. The monoisotopic (exact) mass is 845 g/mol. The van der Waals surface area contributed by atoms with Gasteiger partial charge in [0.05, 0.1) is 31.4 Å². The van der Waals surface area contributed by atoms with Crippen molar-refractivity contribution in [2.45, 2.75) is 127 Å². The largest absolute Gasteiger partial charge is 0.394 e. The predicted octanol–water partition coefficient (Wildman–Crippen LogP) is -6.22. The van der Waals surface area contributed by atoms with Gasteiger partial charge >= 0.3 is 6.03 Å². The van der Waals surface area contributed by atoms with Crippen LogP contribution >= 0.6 is 0 Å². The van der Waals surface area contributed by atoms with Gasteiger partial charge in [-0.2, -0.15) is 0 Å². The number of unbranched alkanes of at least 4 members (excludes halogenated alkanes) is 5. The van der Waals surface area contributed by atoms with E-state index >= 15 is 0 Å². The molecule has 24 nitrogen and oxygen atoms in total. The van der Waals surface area contributed by atoms with Crippen LogP contribution in [0.5, 0.6) is 0 Å². The van der Waals surface area contributed by atoms with E-state index in [1.54, 1.807) is 6.08 Å². The lowest BCUT2D eigenvalue weighted by Gasteiger charge is -2.34. The summed E-state index contributed by atoms with van der Waals surface area (Å²) >= 11 is 0. The molecule has 336 valence electrons. The zero-order chi connectivity index (χ0) is 45.2. The molecule has 0 heterocycles. The standard InChI is InChI=1S/C35H63N11O13/c1-3-4-5-6-7-8-9-12-25(51)43-22(11-10-14-42-35(40)59)30(54)44-23(18-48)31(55)45-27(28(52)29(39)53)34(58)46(20(17-47)16-24(37)50)33(57)21(36)13-15-41-32(56)26(38)19(2)49/h9,12,19-23,26-28,47-49,52H,3-8,10-11,13-18,36,38H2,1-2H3,(H2,37,50)(H2,39,53)(H,41,56)(H,43,51)(H,44,54)(H,45,55)(H3,40,42,59)/t19-,20-,21+,22+,23-,26-,27-,28-/m0/s1. The average molecular weight is 846 g/mol. The van der Waals surface area contributed by atoms with Gasteiger partial charge in [0.1, 0.15) is 24.2 Å². The molecule has 0 aromatic heterocycles. The first-order valence-corrected chi connectivity index (χ1v) is 19.2. The molecule has 0 saturated heterocycles. The number of carbonyl (C=O) groups excluding carboxylic acids is 9. The highest BCUT2D eigenvalue weighted by Crippen LogP contribution is 2.13. The summed E-state index contributed by atoms with van der Waals surface area (Å²) in [5.41, 5.74) is 27.1. The van der Waals surface area contributed by atoms with Gasteiger partial charge in [-0.25, -0.2) is 4.79 Å². The Balaban J connectivity index is 6.38. The van der Waals surface area contributed by atoms with Gasteiger partial charge in [0, 0.05) is 19.5 Å². The second-order valence-electron chi connectivity index (χ2n) is 13.7. The highest BCUT2D eigenvalue weighted by atomic mass is 16.3. The molecule has 0 aliphatic rings. The Bertz CT molecular complexity index is 1450. The van der Waals surface area contributed by atoms with Crippen LogP contribution in [-0.2, 0) is 38.4 Å². The smallest absolute Gasteiger partial charge is 0.312 e. The van der Waals surface area contributed by atoms with Crippen molar-refractivity contribution >= 4 is 53.3 Å². The van der Waals surface area contributed by atoms with Gasteiger partial charge in [-0.15, -0.1) is 0 Å². The molecule has 19 N–H and O–H groups in total. The minimum absolute atomic E-state index is 0.00342. The number of primary amides is 3. The lowest BCUT2D eigenvalue weighted by Crippen LogP contribution is -2.65. The number of allylic oxidation sites excluding steroid dienone is 1. The molecule has 0 fully saturated rings. The number of aliphatic hydroxyl groups is 4. The van der Waals surface area contributed by atoms with Crippen molar-refractivity contribution in [2.24, 2.45) is 28.7 Å². The van der Waals surface area contributed by atoms with Crippen molar-refractivity contribution in [2.75, 3.05) is 26.3 Å². The molecule has 0 aliphatic heterocycles. The van der Waals surface area contributed by atoms with E-state index in [0.29, 0.717) is 6.42 Å². The first-order valence-electron chi connectivity index (χ1n) is 19.2. The number of amides is 10. The molecule has 0 radical (unpaired) electrons. The summed E-state index contributed by atoms with van der Waals surface area (Å²) in [6, 6.07) is -11.4. The summed E-state index contributed by atoms with van der Waals surface area (Å²) in [7, 11) is 0. The number of carbonyl (C=O) groups is 9. The molecule has 24 heteroatoms. The third-order valence-electron chi connectivity index (χ3n) is 8.71. The maximum atomic E-state index is 14.0. The normalized spacial score (nSPS) is 15.3. The van der Waals surface area contributed by atoms with Crippen LogP contribution in [0.2, 0.25) is 0 Å². The van der Waals surface area contributed by atoms with Crippen LogP contribution in [0.4, 0.5) is 4.79 Å². The Labute approximate surface area is 341 Å². The fourth-order valence-electron chi connectivity index (χ4n) is 5.30. The summed E-state index contributed by atoms with van der Waals surface area (Å²) in [4.78, 5) is 115. The van der Waals surface area contributed by atoms with E-state index in [0.717, 1.165) is 32.1 Å². The van der Waals surface area contributed by atoms with Crippen molar-refractivity contribution in [3.05, 3.63) is 12.2 Å². The zero-order valence-corrected chi connectivity index (χ0v) is 33.5. The van der Waals surface area contributed by atoms with Crippen LogP contribution in [0.1, 0.15) is 78.1 Å². The van der Waals surface area contributed by atoms with Gasteiger partial charge in [-0.05, 0) is 45.1 Å². The summed E-state index contributed by atoms with van der Waals surface area (Å²) in [5, 5.41) is 51.6. The lowest BCUT2D eigenvalue weighted by molar-refractivity contribution is -0.156. The Kier molecular flexibility index (Phi) is 26.4. The molecule has 0 unspecified atom stereocenters. The summed E-state index contributed by atoms with van der Waals surface area (Å²) in [6.45, 7) is 0.713. The van der Waals surface area contributed by atoms with Gasteiger partial charge in [0.15, 0.2) is 6.10 Å². The molecule has 0 rings (SSSR count). The summed E-state index contributed by atoms with van der Waals surface area (Å²) in [6.07, 6.45) is 3.29. The van der Waals surface area contributed by atoms with Crippen molar-refractivity contribution in [3.8, 4) is 0 Å².